The molecular weight excluding hydrogens is 657 g/mol. The molecule has 1 aliphatic rings. The van der Waals surface area contributed by atoms with Crippen molar-refractivity contribution in [2.75, 3.05) is 18.8 Å². The molecule has 4 rings (SSSR count). The highest BCUT2D eigenvalue weighted by molar-refractivity contribution is 9.10. The van der Waals surface area contributed by atoms with Crippen molar-refractivity contribution in [2.24, 2.45) is 0 Å². The fourth-order valence-electron chi connectivity index (χ4n) is 4.78. The van der Waals surface area contributed by atoms with E-state index in [4.69, 9.17) is 11.6 Å². The fraction of sp³-hybridized carbons (Fsp3) is 0.400. The van der Waals surface area contributed by atoms with E-state index in [-0.39, 0.29) is 60.7 Å². The molecule has 0 radical (unpaired) electrons. The number of fused-ring (bicyclic) bond motifs is 1. The fourth-order valence-corrected chi connectivity index (χ4v) is 6.72. The summed E-state index contributed by atoms with van der Waals surface area (Å²) in [5, 5.41) is 2.65. The van der Waals surface area contributed by atoms with Gasteiger partial charge in [0.15, 0.2) is 9.84 Å². The van der Waals surface area contributed by atoms with Crippen molar-refractivity contribution >= 4 is 54.2 Å². The molecular formula is C25H25BrClF3N4O6S. The number of amides is 1. The number of hydrogen-bond donors (Lipinski definition) is 2. The predicted octanol–water partition coefficient (Wildman–Crippen LogP) is 3.56. The van der Waals surface area contributed by atoms with Crippen LogP contribution >= 0.6 is 27.5 Å². The molecule has 2 N–H and O–H groups in total. The number of aromatic nitrogens is 2. The van der Waals surface area contributed by atoms with Crippen LogP contribution in [0, 0.1) is 0 Å². The summed E-state index contributed by atoms with van der Waals surface area (Å²) in [6.45, 7) is 3.10. The third-order valence-corrected chi connectivity index (χ3v) is 9.57. The molecule has 0 spiro atoms. The Morgan fingerprint density at radius 1 is 1.24 bits per heavy atom. The highest BCUT2D eigenvalue weighted by Crippen LogP contribution is 2.37. The molecule has 16 heteroatoms. The zero-order valence-electron chi connectivity index (χ0n) is 21.8. The van der Waals surface area contributed by atoms with Crippen LogP contribution in [0.1, 0.15) is 31.4 Å². The van der Waals surface area contributed by atoms with Gasteiger partial charge < -0.3 is 15.0 Å². The number of alkyl halides is 3. The molecule has 1 atom stereocenters. The molecule has 1 amide bonds. The number of H-pyrrole nitrogens is 1. The normalized spacial score (nSPS) is 16.3. The van der Waals surface area contributed by atoms with Gasteiger partial charge in [-0.2, -0.15) is 0 Å². The number of hydrogen-bond acceptors (Lipinski definition) is 7. The van der Waals surface area contributed by atoms with E-state index in [9.17, 15) is 36.0 Å². The number of aromatic amines is 1. The average Bonchev–Trinajstić information content (AvgIpc) is 3.30. The zero-order valence-corrected chi connectivity index (χ0v) is 24.9. The first-order chi connectivity index (χ1) is 19.1. The monoisotopic (exact) mass is 680 g/mol. The first-order valence-electron chi connectivity index (χ1n) is 12.3. The Hall–Kier alpha value is -2.88. The van der Waals surface area contributed by atoms with Crippen LogP contribution in [-0.4, -0.2) is 60.0 Å². The number of likely N-dealkylation sites (tertiary alicyclic amines) is 1. The van der Waals surface area contributed by atoms with E-state index in [1.165, 1.54) is 32.0 Å². The van der Waals surface area contributed by atoms with Crippen molar-refractivity contribution in [1.82, 2.24) is 19.8 Å². The second-order valence-corrected chi connectivity index (χ2v) is 13.0. The molecule has 41 heavy (non-hydrogen) atoms. The third kappa shape index (κ3) is 6.96. The van der Waals surface area contributed by atoms with E-state index in [1.54, 1.807) is 0 Å². The first-order valence-corrected chi connectivity index (χ1v) is 15.2. The van der Waals surface area contributed by atoms with Crippen LogP contribution < -0.4 is 21.3 Å². The Morgan fingerprint density at radius 2 is 1.95 bits per heavy atom. The van der Waals surface area contributed by atoms with Gasteiger partial charge >= 0.3 is 12.1 Å². The van der Waals surface area contributed by atoms with Crippen molar-refractivity contribution in [1.29, 1.82) is 0 Å². The van der Waals surface area contributed by atoms with Gasteiger partial charge in [-0.1, -0.05) is 18.5 Å². The lowest BCUT2D eigenvalue weighted by atomic mass is 10.1. The standard InChI is InChI=1S/C25H25BrClF3N4O6S/c1-3-41(38,39)20-5-4-15(27)8-14(20)10-34-23(36)17-9-19(40-25(28,29)30)18(21(26)22(17)32-24(34)37)12-33-7-6-16(11-33)31-13(2)35/h4-5,8-9,16H,3,6-7,10-12H2,1-2H3,(H,31,35)(H,32,37)/t16-/m1/s1. The van der Waals surface area contributed by atoms with Crippen LogP contribution in [0.4, 0.5) is 13.2 Å². The van der Waals surface area contributed by atoms with E-state index in [0.29, 0.717) is 24.1 Å². The second kappa shape index (κ2) is 11.8. The number of halogens is 5. The van der Waals surface area contributed by atoms with Crippen molar-refractivity contribution in [2.45, 2.75) is 50.7 Å². The Labute approximate surface area is 245 Å². The van der Waals surface area contributed by atoms with E-state index in [0.717, 1.165) is 6.07 Å². The molecule has 1 aromatic heterocycles. The Balaban J connectivity index is 1.83. The van der Waals surface area contributed by atoms with E-state index < -0.39 is 39.7 Å². The van der Waals surface area contributed by atoms with Crippen LogP contribution in [-0.2, 0) is 27.7 Å². The maximum absolute atomic E-state index is 13.5. The third-order valence-electron chi connectivity index (χ3n) is 6.63. The number of nitrogens with zero attached hydrogens (tertiary/aromatic N) is 2. The SMILES string of the molecule is CCS(=O)(=O)c1ccc(Cl)cc1Cn1c(=O)[nH]c2c(Br)c(CN3CC[C@@H](NC(C)=O)C3)c(OC(F)(F)F)cc2c1=O. The molecule has 0 bridgehead atoms. The molecule has 0 unspecified atom stereocenters. The van der Waals surface area contributed by atoms with Crippen molar-refractivity contribution in [3.8, 4) is 5.75 Å². The summed E-state index contributed by atoms with van der Waals surface area (Å²) >= 11 is 9.31. The maximum Gasteiger partial charge on any atom is 0.573 e. The molecule has 2 heterocycles. The van der Waals surface area contributed by atoms with Gasteiger partial charge in [0.05, 0.1) is 32.6 Å². The average molecular weight is 682 g/mol. The summed E-state index contributed by atoms with van der Waals surface area (Å²) in [6.07, 6.45) is -4.50. The van der Waals surface area contributed by atoms with Crippen LogP contribution in [0.15, 0.2) is 43.2 Å². The van der Waals surface area contributed by atoms with Gasteiger partial charge in [0.2, 0.25) is 5.91 Å². The number of benzene rings is 2. The van der Waals surface area contributed by atoms with Crippen LogP contribution in [0.5, 0.6) is 5.75 Å². The molecule has 1 saturated heterocycles. The molecule has 10 nitrogen and oxygen atoms in total. The lowest BCUT2D eigenvalue weighted by molar-refractivity contribution is -0.275. The van der Waals surface area contributed by atoms with Crippen LogP contribution in [0.2, 0.25) is 5.02 Å². The number of ether oxygens (including phenoxy) is 1. The molecule has 3 aromatic rings. The smallest absolute Gasteiger partial charge is 0.405 e. The lowest BCUT2D eigenvalue weighted by Crippen LogP contribution is -2.36. The first kappa shape index (κ1) is 31.1. The number of rotatable bonds is 8. The number of nitrogens with one attached hydrogen (secondary N) is 2. The minimum absolute atomic E-state index is 0.0237. The number of sulfone groups is 1. The zero-order chi connectivity index (χ0) is 30.3. The predicted molar refractivity (Wildman–Crippen MR) is 149 cm³/mol. The van der Waals surface area contributed by atoms with Gasteiger partial charge in [-0.05, 0) is 52.2 Å². The summed E-state index contributed by atoms with van der Waals surface area (Å²) in [6, 6.07) is 4.66. The van der Waals surface area contributed by atoms with Crippen LogP contribution in [0.3, 0.4) is 0 Å². The summed E-state index contributed by atoms with van der Waals surface area (Å²) in [5.41, 5.74) is -1.82. The molecule has 0 aliphatic carbocycles. The highest BCUT2D eigenvalue weighted by atomic mass is 79.9. The van der Waals surface area contributed by atoms with Crippen molar-refractivity contribution in [3.63, 3.8) is 0 Å². The topological polar surface area (TPSA) is 131 Å². The molecule has 222 valence electrons. The Bertz CT molecular complexity index is 1740. The highest BCUT2D eigenvalue weighted by Gasteiger charge is 2.34. The van der Waals surface area contributed by atoms with Gasteiger partial charge in [0, 0.05) is 43.2 Å². The van der Waals surface area contributed by atoms with E-state index >= 15 is 0 Å². The molecule has 0 saturated carbocycles. The van der Waals surface area contributed by atoms with E-state index in [1.807, 2.05) is 4.90 Å². The van der Waals surface area contributed by atoms with Gasteiger partial charge in [0.1, 0.15) is 5.75 Å². The summed E-state index contributed by atoms with van der Waals surface area (Å²) in [7, 11) is -3.76. The number of carbonyl (C=O) groups is 1. The summed E-state index contributed by atoms with van der Waals surface area (Å²) < 4.78 is 70.5. The van der Waals surface area contributed by atoms with E-state index in [2.05, 4.69) is 31.0 Å². The minimum atomic E-state index is -5.09. The largest absolute Gasteiger partial charge is 0.573 e. The Kier molecular flexibility index (Phi) is 8.92. The molecule has 1 fully saturated rings. The quantitative estimate of drug-likeness (QED) is 0.372. The maximum atomic E-state index is 13.5. The Morgan fingerprint density at radius 3 is 2.59 bits per heavy atom. The van der Waals surface area contributed by atoms with Gasteiger partial charge in [-0.3, -0.25) is 19.1 Å². The van der Waals surface area contributed by atoms with Gasteiger partial charge in [-0.15, -0.1) is 13.2 Å². The second-order valence-electron chi connectivity index (χ2n) is 9.54. The number of carbonyl (C=O) groups excluding carboxylic acids is 1. The summed E-state index contributed by atoms with van der Waals surface area (Å²) in [5.74, 6) is -1.12. The lowest BCUT2D eigenvalue weighted by Gasteiger charge is -2.21. The van der Waals surface area contributed by atoms with Gasteiger partial charge in [0.25, 0.3) is 5.56 Å². The molecule has 1 aliphatic heterocycles. The minimum Gasteiger partial charge on any atom is -0.405 e. The van der Waals surface area contributed by atoms with Crippen LogP contribution in [0.25, 0.3) is 10.9 Å². The van der Waals surface area contributed by atoms with Gasteiger partial charge in [-0.25, -0.2) is 13.2 Å². The molecule has 2 aromatic carbocycles. The summed E-state index contributed by atoms with van der Waals surface area (Å²) in [4.78, 5) is 42.2. The van der Waals surface area contributed by atoms with Crippen molar-refractivity contribution < 1.29 is 31.1 Å². The van der Waals surface area contributed by atoms with Crippen molar-refractivity contribution in [3.05, 3.63) is 65.7 Å².